The molecule has 1 aromatic heterocycles. The van der Waals surface area contributed by atoms with Gasteiger partial charge in [0.15, 0.2) is 0 Å². The predicted octanol–water partition coefficient (Wildman–Crippen LogP) is 1.11. The lowest BCUT2D eigenvalue weighted by Gasteiger charge is -2.36. The largest absolute Gasteiger partial charge is 0.334 e. The molecular formula is C10H13ClN4OS. The molecular weight excluding hydrogens is 260 g/mol. The van der Waals surface area contributed by atoms with Crippen molar-refractivity contribution in [3.8, 4) is 0 Å². The molecule has 2 fully saturated rings. The van der Waals surface area contributed by atoms with E-state index in [-0.39, 0.29) is 5.91 Å². The Morgan fingerprint density at radius 3 is 3.00 bits per heavy atom. The molecule has 1 unspecified atom stereocenters. The highest BCUT2D eigenvalue weighted by Crippen LogP contribution is 2.23. The van der Waals surface area contributed by atoms with Crippen molar-refractivity contribution in [2.75, 3.05) is 26.2 Å². The Morgan fingerprint density at radius 1 is 1.35 bits per heavy atom. The molecule has 3 heterocycles. The molecule has 0 bridgehead atoms. The van der Waals surface area contributed by atoms with Crippen LogP contribution >= 0.6 is 22.9 Å². The van der Waals surface area contributed by atoms with Gasteiger partial charge in [-0.2, -0.15) is 0 Å². The lowest BCUT2D eigenvalue weighted by Crippen LogP contribution is -2.52. The number of aromatic nitrogens is 2. The Bertz CT molecular complexity index is 438. The van der Waals surface area contributed by atoms with Gasteiger partial charge in [0.1, 0.15) is 0 Å². The first-order chi connectivity index (χ1) is 8.24. The van der Waals surface area contributed by atoms with Gasteiger partial charge in [-0.25, -0.2) is 0 Å². The summed E-state index contributed by atoms with van der Waals surface area (Å²) in [5, 5.41) is 7.89. The van der Waals surface area contributed by atoms with E-state index in [1.807, 2.05) is 4.90 Å². The lowest BCUT2D eigenvalue weighted by atomic mass is 10.1. The first-order valence-corrected chi connectivity index (χ1v) is 6.96. The van der Waals surface area contributed by atoms with Crippen LogP contribution in [-0.4, -0.2) is 58.1 Å². The van der Waals surface area contributed by atoms with Crippen LogP contribution < -0.4 is 0 Å². The number of carbonyl (C=O) groups is 1. The number of halogens is 1. The van der Waals surface area contributed by atoms with Crippen molar-refractivity contribution in [3.63, 3.8) is 0 Å². The van der Waals surface area contributed by atoms with Gasteiger partial charge < -0.3 is 4.90 Å². The first-order valence-electron chi connectivity index (χ1n) is 5.76. The number of amides is 1. The molecule has 0 radical (unpaired) electrons. The van der Waals surface area contributed by atoms with E-state index in [9.17, 15) is 4.79 Å². The minimum atomic E-state index is -0.0269. The van der Waals surface area contributed by atoms with Crippen molar-refractivity contribution < 1.29 is 4.79 Å². The molecule has 0 spiro atoms. The highest BCUT2D eigenvalue weighted by atomic mass is 35.5. The van der Waals surface area contributed by atoms with E-state index in [1.165, 1.54) is 19.4 Å². The molecule has 0 N–H and O–H groups in total. The van der Waals surface area contributed by atoms with Crippen molar-refractivity contribution in [2.45, 2.75) is 18.9 Å². The number of hydrogen-bond donors (Lipinski definition) is 0. The molecule has 2 aliphatic heterocycles. The molecule has 7 heteroatoms. The minimum absolute atomic E-state index is 0.0269. The van der Waals surface area contributed by atoms with Gasteiger partial charge in [-0.3, -0.25) is 9.69 Å². The molecule has 0 aromatic carbocycles. The summed E-state index contributed by atoms with van der Waals surface area (Å²) in [7, 11) is 0. The third kappa shape index (κ3) is 2.17. The van der Waals surface area contributed by atoms with E-state index in [0.29, 0.717) is 15.5 Å². The maximum Gasteiger partial charge on any atom is 0.284 e. The Hall–Kier alpha value is -0.720. The third-order valence-corrected chi connectivity index (χ3v) is 4.46. The number of rotatable bonds is 1. The van der Waals surface area contributed by atoms with Crippen LogP contribution in [0.1, 0.15) is 22.6 Å². The van der Waals surface area contributed by atoms with Crippen molar-refractivity contribution in [1.29, 1.82) is 0 Å². The standard InChI is InChI=1S/C10H13ClN4OS/c11-10-13-12-8(17-10)9(16)15-5-4-14-3-1-2-7(14)6-15/h7H,1-6H2. The zero-order valence-electron chi connectivity index (χ0n) is 9.30. The monoisotopic (exact) mass is 272 g/mol. The molecule has 2 aliphatic rings. The van der Waals surface area contributed by atoms with Gasteiger partial charge >= 0.3 is 0 Å². The fraction of sp³-hybridized carbons (Fsp3) is 0.700. The number of piperazine rings is 1. The molecule has 0 aliphatic carbocycles. The molecule has 17 heavy (non-hydrogen) atoms. The minimum Gasteiger partial charge on any atom is -0.334 e. The van der Waals surface area contributed by atoms with E-state index < -0.39 is 0 Å². The van der Waals surface area contributed by atoms with Gasteiger partial charge in [-0.15, -0.1) is 10.2 Å². The second-order valence-corrected chi connectivity index (χ2v) is 6.00. The van der Waals surface area contributed by atoms with E-state index >= 15 is 0 Å². The molecule has 1 amide bonds. The summed E-state index contributed by atoms with van der Waals surface area (Å²) in [6.07, 6.45) is 2.44. The van der Waals surface area contributed by atoms with Crippen molar-refractivity contribution in [2.24, 2.45) is 0 Å². The molecule has 92 valence electrons. The van der Waals surface area contributed by atoms with E-state index in [2.05, 4.69) is 15.1 Å². The first kappa shape index (κ1) is 11.4. The second kappa shape index (κ2) is 4.51. The van der Waals surface area contributed by atoms with Crippen LogP contribution in [0.3, 0.4) is 0 Å². The number of fused-ring (bicyclic) bond motifs is 1. The summed E-state index contributed by atoms with van der Waals surface area (Å²) < 4.78 is 0.327. The van der Waals surface area contributed by atoms with Crippen LogP contribution in [0.5, 0.6) is 0 Å². The Morgan fingerprint density at radius 2 is 2.24 bits per heavy atom. The van der Waals surface area contributed by atoms with Crippen LogP contribution in [0, 0.1) is 0 Å². The van der Waals surface area contributed by atoms with Gasteiger partial charge in [-0.05, 0) is 31.0 Å². The maximum absolute atomic E-state index is 12.2. The average Bonchev–Trinajstić information content (AvgIpc) is 2.95. The van der Waals surface area contributed by atoms with E-state index in [1.54, 1.807) is 0 Å². The Balaban J connectivity index is 1.70. The zero-order valence-corrected chi connectivity index (χ0v) is 10.9. The fourth-order valence-electron chi connectivity index (χ4n) is 2.60. The summed E-state index contributed by atoms with van der Waals surface area (Å²) in [4.78, 5) is 16.5. The molecule has 1 aromatic rings. The van der Waals surface area contributed by atoms with Gasteiger partial charge in [0, 0.05) is 25.7 Å². The van der Waals surface area contributed by atoms with Gasteiger partial charge in [0.25, 0.3) is 5.91 Å². The predicted molar refractivity (Wildman–Crippen MR) is 65.4 cm³/mol. The van der Waals surface area contributed by atoms with Crippen LogP contribution in [0.4, 0.5) is 0 Å². The zero-order chi connectivity index (χ0) is 11.8. The fourth-order valence-corrected chi connectivity index (χ4v) is 3.40. The lowest BCUT2D eigenvalue weighted by molar-refractivity contribution is 0.0570. The number of nitrogens with zero attached hydrogens (tertiary/aromatic N) is 4. The van der Waals surface area contributed by atoms with Crippen molar-refractivity contribution in [3.05, 3.63) is 9.47 Å². The smallest absolute Gasteiger partial charge is 0.284 e. The molecule has 3 rings (SSSR count). The van der Waals surface area contributed by atoms with Gasteiger partial charge in [0.2, 0.25) is 9.47 Å². The summed E-state index contributed by atoms with van der Waals surface area (Å²) >= 11 is 6.85. The third-order valence-electron chi connectivity index (χ3n) is 3.46. The quantitative estimate of drug-likeness (QED) is 0.769. The Labute approximate surface area is 108 Å². The van der Waals surface area contributed by atoms with Crippen molar-refractivity contribution in [1.82, 2.24) is 20.0 Å². The van der Waals surface area contributed by atoms with Crippen LogP contribution in [0.15, 0.2) is 0 Å². The summed E-state index contributed by atoms with van der Waals surface area (Å²) in [5.74, 6) is -0.0269. The molecule has 0 saturated carbocycles. The van der Waals surface area contributed by atoms with Crippen LogP contribution in [0.25, 0.3) is 0 Å². The summed E-state index contributed by atoms with van der Waals surface area (Å²) in [6.45, 7) is 3.75. The highest BCUT2D eigenvalue weighted by Gasteiger charge is 2.33. The molecule has 1 atom stereocenters. The van der Waals surface area contributed by atoms with Crippen LogP contribution in [-0.2, 0) is 0 Å². The second-order valence-electron chi connectivity index (χ2n) is 4.44. The van der Waals surface area contributed by atoms with Gasteiger partial charge in [0.05, 0.1) is 0 Å². The molecule has 5 nitrogen and oxygen atoms in total. The average molecular weight is 273 g/mol. The number of hydrogen-bond acceptors (Lipinski definition) is 5. The SMILES string of the molecule is O=C(c1nnc(Cl)s1)N1CCN2CCCC2C1. The number of carbonyl (C=O) groups excluding carboxylic acids is 1. The van der Waals surface area contributed by atoms with E-state index in [0.717, 1.165) is 31.0 Å². The normalized spacial score (nSPS) is 25.0. The topological polar surface area (TPSA) is 49.3 Å². The summed E-state index contributed by atoms with van der Waals surface area (Å²) in [6, 6.07) is 0.538. The maximum atomic E-state index is 12.2. The molecule has 2 saturated heterocycles. The Kier molecular flexibility index (Phi) is 3.02. The summed E-state index contributed by atoms with van der Waals surface area (Å²) in [5.41, 5.74) is 0. The van der Waals surface area contributed by atoms with E-state index in [4.69, 9.17) is 11.6 Å². The highest BCUT2D eigenvalue weighted by molar-refractivity contribution is 7.17. The van der Waals surface area contributed by atoms with Crippen LogP contribution in [0.2, 0.25) is 4.47 Å². The van der Waals surface area contributed by atoms with Crippen molar-refractivity contribution >= 4 is 28.8 Å². The van der Waals surface area contributed by atoms with Gasteiger partial charge in [-0.1, -0.05) is 11.3 Å².